The molecule has 1 N–H and O–H groups in total. The fourth-order valence-electron chi connectivity index (χ4n) is 2.21. The molecular weight excluding hydrogens is 222 g/mol. The summed E-state index contributed by atoms with van der Waals surface area (Å²) in [5.74, 6) is -1.54. The van der Waals surface area contributed by atoms with Gasteiger partial charge in [0.15, 0.2) is 11.6 Å². The lowest BCUT2D eigenvalue weighted by atomic mass is 9.98. The van der Waals surface area contributed by atoms with Crippen LogP contribution in [0.2, 0.25) is 0 Å². The van der Waals surface area contributed by atoms with Crippen LogP contribution in [0.4, 0.5) is 14.5 Å². The van der Waals surface area contributed by atoms with E-state index < -0.39 is 11.6 Å². The van der Waals surface area contributed by atoms with Gasteiger partial charge in [0.1, 0.15) is 0 Å². The maximum Gasteiger partial charge on any atom is 0.182 e. The van der Waals surface area contributed by atoms with Gasteiger partial charge in [-0.1, -0.05) is 6.07 Å². The van der Waals surface area contributed by atoms with Crippen molar-refractivity contribution in [3.63, 3.8) is 0 Å². The van der Waals surface area contributed by atoms with Crippen molar-refractivity contribution in [2.75, 3.05) is 18.0 Å². The highest BCUT2D eigenvalue weighted by molar-refractivity contribution is 5.50. The molecule has 17 heavy (non-hydrogen) atoms. The molecule has 0 aliphatic carbocycles. The van der Waals surface area contributed by atoms with Gasteiger partial charge in [0, 0.05) is 24.7 Å². The number of hydrogen-bond donors (Lipinski definition) is 1. The van der Waals surface area contributed by atoms with Crippen LogP contribution in [0.15, 0.2) is 18.2 Å². The van der Waals surface area contributed by atoms with E-state index in [2.05, 4.69) is 19.2 Å². The summed E-state index contributed by atoms with van der Waals surface area (Å²) in [7, 11) is 0. The molecule has 1 atom stereocenters. The fraction of sp³-hybridized carbons (Fsp3) is 0.538. The van der Waals surface area contributed by atoms with Gasteiger partial charge in [-0.25, -0.2) is 8.78 Å². The maximum absolute atomic E-state index is 13.8. The third-order valence-electron chi connectivity index (χ3n) is 3.21. The molecule has 94 valence electrons. The Morgan fingerprint density at radius 1 is 1.35 bits per heavy atom. The van der Waals surface area contributed by atoms with Crippen molar-refractivity contribution in [3.05, 3.63) is 29.8 Å². The van der Waals surface area contributed by atoms with Gasteiger partial charge in [0.2, 0.25) is 0 Å². The van der Waals surface area contributed by atoms with Gasteiger partial charge < -0.3 is 10.2 Å². The molecule has 2 rings (SSSR count). The van der Waals surface area contributed by atoms with Gasteiger partial charge in [-0.2, -0.15) is 0 Å². The van der Waals surface area contributed by atoms with E-state index in [4.69, 9.17) is 0 Å². The van der Waals surface area contributed by atoms with E-state index in [-0.39, 0.29) is 11.6 Å². The Kier molecular flexibility index (Phi) is 3.08. The van der Waals surface area contributed by atoms with Crippen LogP contribution in [0, 0.1) is 11.6 Å². The SMILES string of the molecule is CC1CNC(C)(C)CN1c1cccc(F)c1F. The zero-order chi connectivity index (χ0) is 12.6. The highest BCUT2D eigenvalue weighted by Crippen LogP contribution is 2.27. The molecule has 0 bridgehead atoms. The van der Waals surface area contributed by atoms with E-state index in [0.29, 0.717) is 12.2 Å². The molecule has 0 amide bonds. The molecule has 2 nitrogen and oxygen atoms in total. The van der Waals surface area contributed by atoms with Crippen molar-refractivity contribution in [2.45, 2.75) is 32.4 Å². The van der Waals surface area contributed by atoms with E-state index in [1.165, 1.54) is 0 Å². The number of rotatable bonds is 1. The van der Waals surface area contributed by atoms with Crippen LogP contribution in [0.3, 0.4) is 0 Å². The third-order valence-corrected chi connectivity index (χ3v) is 3.21. The Morgan fingerprint density at radius 3 is 2.76 bits per heavy atom. The lowest BCUT2D eigenvalue weighted by Gasteiger charge is -2.44. The van der Waals surface area contributed by atoms with Crippen LogP contribution >= 0.6 is 0 Å². The van der Waals surface area contributed by atoms with Crippen LogP contribution in [0.25, 0.3) is 0 Å². The minimum Gasteiger partial charge on any atom is -0.363 e. The Morgan fingerprint density at radius 2 is 2.06 bits per heavy atom. The summed E-state index contributed by atoms with van der Waals surface area (Å²) in [5, 5.41) is 3.38. The topological polar surface area (TPSA) is 15.3 Å². The van der Waals surface area contributed by atoms with Gasteiger partial charge in [-0.05, 0) is 32.9 Å². The molecule has 4 heteroatoms. The lowest BCUT2D eigenvalue weighted by Crippen LogP contribution is -2.61. The van der Waals surface area contributed by atoms with Crippen molar-refractivity contribution in [1.29, 1.82) is 0 Å². The summed E-state index contributed by atoms with van der Waals surface area (Å²) < 4.78 is 27.0. The Hall–Kier alpha value is -1.16. The van der Waals surface area contributed by atoms with E-state index in [1.807, 2.05) is 11.8 Å². The molecule has 1 aromatic rings. The summed E-state index contributed by atoms with van der Waals surface area (Å²) in [6.07, 6.45) is 0. The molecule has 1 aliphatic heterocycles. The van der Waals surface area contributed by atoms with Gasteiger partial charge in [-0.3, -0.25) is 0 Å². The number of halogens is 2. The molecule has 1 fully saturated rings. The number of benzene rings is 1. The van der Waals surface area contributed by atoms with Crippen LogP contribution in [-0.4, -0.2) is 24.7 Å². The minimum atomic E-state index is -0.786. The van der Waals surface area contributed by atoms with Crippen LogP contribution in [0.5, 0.6) is 0 Å². The zero-order valence-electron chi connectivity index (χ0n) is 10.4. The molecule has 1 aromatic carbocycles. The first-order valence-electron chi connectivity index (χ1n) is 5.86. The Bertz CT molecular complexity index is 418. The molecule has 0 spiro atoms. The van der Waals surface area contributed by atoms with Crippen molar-refractivity contribution in [1.82, 2.24) is 5.32 Å². The molecule has 1 heterocycles. The van der Waals surface area contributed by atoms with Gasteiger partial charge in [-0.15, -0.1) is 0 Å². The summed E-state index contributed by atoms with van der Waals surface area (Å²) in [5.41, 5.74) is 0.262. The normalized spacial score (nSPS) is 23.8. The summed E-state index contributed by atoms with van der Waals surface area (Å²) in [6.45, 7) is 7.55. The van der Waals surface area contributed by atoms with E-state index >= 15 is 0 Å². The average Bonchev–Trinajstić information content (AvgIpc) is 2.26. The Balaban J connectivity index is 2.34. The lowest BCUT2D eigenvalue weighted by molar-refractivity contribution is 0.315. The number of anilines is 1. The fourth-order valence-corrected chi connectivity index (χ4v) is 2.21. The van der Waals surface area contributed by atoms with E-state index in [1.54, 1.807) is 12.1 Å². The first-order valence-corrected chi connectivity index (χ1v) is 5.86. The van der Waals surface area contributed by atoms with Crippen LogP contribution in [-0.2, 0) is 0 Å². The summed E-state index contributed by atoms with van der Waals surface area (Å²) >= 11 is 0. The van der Waals surface area contributed by atoms with Crippen molar-refractivity contribution < 1.29 is 8.78 Å². The highest BCUT2D eigenvalue weighted by atomic mass is 19.2. The molecule has 0 aromatic heterocycles. The second-order valence-corrected chi connectivity index (χ2v) is 5.31. The molecule has 1 unspecified atom stereocenters. The summed E-state index contributed by atoms with van der Waals surface area (Å²) in [4.78, 5) is 1.93. The zero-order valence-corrected chi connectivity index (χ0v) is 10.4. The Labute approximate surface area is 101 Å². The predicted octanol–water partition coefficient (Wildman–Crippen LogP) is 2.54. The van der Waals surface area contributed by atoms with Crippen molar-refractivity contribution in [3.8, 4) is 0 Å². The van der Waals surface area contributed by atoms with Crippen LogP contribution < -0.4 is 10.2 Å². The monoisotopic (exact) mass is 240 g/mol. The first-order chi connectivity index (χ1) is 7.91. The number of nitrogens with zero attached hydrogens (tertiary/aromatic N) is 1. The third kappa shape index (κ3) is 2.41. The molecular formula is C13H18F2N2. The van der Waals surface area contributed by atoms with E-state index in [0.717, 1.165) is 12.6 Å². The highest BCUT2D eigenvalue weighted by Gasteiger charge is 2.31. The van der Waals surface area contributed by atoms with E-state index in [9.17, 15) is 8.78 Å². The second kappa shape index (κ2) is 4.26. The van der Waals surface area contributed by atoms with Gasteiger partial charge >= 0.3 is 0 Å². The smallest absolute Gasteiger partial charge is 0.182 e. The first kappa shape index (κ1) is 12.3. The molecule has 1 saturated heterocycles. The number of nitrogens with one attached hydrogen (secondary N) is 1. The van der Waals surface area contributed by atoms with Crippen LogP contribution in [0.1, 0.15) is 20.8 Å². The van der Waals surface area contributed by atoms with Crippen molar-refractivity contribution in [2.24, 2.45) is 0 Å². The largest absolute Gasteiger partial charge is 0.363 e. The molecule has 0 radical (unpaired) electrons. The quantitative estimate of drug-likeness (QED) is 0.811. The number of piperazine rings is 1. The van der Waals surface area contributed by atoms with Gasteiger partial charge in [0.05, 0.1) is 5.69 Å². The molecule has 0 saturated carbocycles. The number of hydrogen-bond acceptors (Lipinski definition) is 2. The van der Waals surface area contributed by atoms with Crippen molar-refractivity contribution >= 4 is 5.69 Å². The van der Waals surface area contributed by atoms with Gasteiger partial charge in [0.25, 0.3) is 0 Å². The predicted molar refractivity (Wildman–Crippen MR) is 65.2 cm³/mol. The minimum absolute atomic E-state index is 0.0920. The average molecular weight is 240 g/mol. The molecule has 1 aliphatic rings. The second-order valence-electron chi connectivity index (χ2n) is 5.31. The standard InChI is InChI=1S/C13H18F2N2/c1-9-7-16-13(2,3)8-17(9)11-6-4-5-10(14)12(11)15/h4-6,9,16H,7-8H2,1-3H3. The maximum atomic E-state index is 13.8. The summed E-state index contributed by atoms with van der Waals surface area (Å²) in [6, 6.07) is 4.49.